The van der Waals surface area contributed by atoms with Gasteiger partial charge < -0.3 is 10.1 Å². The Labute approximate surface area is 177 Å². The summed E-state index contributed by atoms with van der Waals surface area (Å²) in [4.78, 5) is 26.9. The lowest BCUT2D eigenvalue weighted by Crippen LogP contribution is -2.35. The molecule has 7 heteroatoms. The van der Waals surface area contributed by atoms with Crippen LogP contribution >= 0.6 is 11.3 Å². The van der Waals surface area contributed by atoms with Gasteiger partial charge in [-0.15, -0.1) is 11.3 Å². The quantitative estimate of drug-likeness (QED) is 0.528. The minimum Gasteiger partial charge on any atom is -0.393 e. The van der Waals surface area contributed by atoms with E-state index in [1.165, 1.54) is 11.3 Å². The third-order valence-corrected chi connectivity index (χ3v) is 6.47. The van der Waals surface area contributed by atoms with Crippen molar-refractivity contribution in [1.29, 1.82) is 0 Å². The molecule has 2 N–H and O–H groups in total. The van der Waals surface area contributed by atoms with Crippen LogP contribution in [-0.2, 0) is 6.54 Å². The summed E-state index contributed by atoms with van der Waals surface area (Å²) in [7, 11) is 0. The Morgan fingerprint density at radius 2 is 1.93 bits per heavy atom. The van der Waals surface area contributed by atoms with Crippen LogP contribution in [0.15, 0.2) is 59.0 Å². The van der Waals surface area contributed by atoms with E-state index in [1.54, 1.807) is 12.4 Å². The average Bonchev–Trinajstić information content (AvgIpc) is 3.25. The molecule has 1 aliphatic heterocycles. The second-order valence-corrected chi connectivity index (χ2v) is 8.57. The number of thiazole rings is 1. The fourth-order valence-corrected chi connectivity index (χ4v) is 4.72. The molecule has 6 nitrogen and oxygen atoms in total. The number of likely N-dealkylation sites (tertiary alicyclic amines) is 1. The third-order valence-electron chi connectivity index (χ3n) is 5.58. The van der Waals surface area contributed by atoms with Crippen molar-refractivity contribution >= 4 is 22.2 Å². The molecule has 0 bridgehead atoms. The maximum Gasteiger partial charge on any atom is 0.257 e. The maximum absolute atomic E-state index is 12.8. The van der Waals surface area contributed by atoms with Gasteiger partial charge in [0, 0.05) is 48.5 Å². The summed E-state index contributed by atoms with van der Waals surface area (Å²) in [5, 5.41) is 13.5. The van der Waals surface area contributed by atoms with Crippen molar-refractivity contribution in [2.45, 2.75) is 25.5 Å². The molecule has 1 aliphatic rings. The van der Waals surface area contributed by atoms with E-state index < -0.39 is 0 Å². The molecule has 0 radical (unpaired) electrons. The van der Waals surface area contributed by atoms with Crippen LogP contribution in [-0.4, -0.2) is 44.2 Å². The van der Waals surface area contributed by atoms with Crippen molar-refractivity contribution in [2.24, 2.45) is 0 Å². The van der Waals surface area contributed by atoms with Crippen LogP contribution in [0.25, 0.3) is 32.7 Å². The summed E-state index contributed by atoms with van der Waals surface area (Å²) in [6.07, 6.45) is 4.95. The first-order valence-corrected chi connectivity index (χ1v) is 11.0. The highest BCUT2D eigenvalue weighted by molar-refractivity contribution is 7.13. The second kappa shape index (κ2) is 8.10. The zero-order valence-electron chi connectivity index (χ0n) is 16.4. The van der Waals surface area contributed by atoms with Gasteiger partial charge in [-0.25, -0.2) is 4.98 Å². The fraction of sp³-hybridized carbons (Fsp3) is 0.261. The maximum atomic E-state index is 12.8. The molecule has 1 saturated heterocycles. The number of nitrogens with one attached hydrogen (secondary N) is 1. The summed E-state index contributed by atoms with van der Waals surface area (Å²) >= 11 is 1.52. The summed E-state index contributed by atoms with van der Waals surface area (Å²) in [5.41, 5.74) is 4.13. The molecule has 0 saturated carbocycles. The van der Waals surface area contributed by atoms with Gasteiger partial charge >= 0.3 is 0 Å². The van der Waals surface area contributed by atoms with Crippen molar-refractivity contribution < 1.29 is 5.11 Å². The second-order valence-electron chi connectivity index (χ2n) is 7.71. The van der Waals surface area contributed by atoms with Crippen molar-refractivity contribution in [3.05, 3.63) is 70.1 Å². The Morgan fingerprint density at radius 3 is 2.73 bits per heavy atom. The first kappa shape index (κ1) is 19.1. The highest BCUT2D eigenvalue weighted by Gasteiger charge is 2.17. The van der Waals surface area contributed by atoms with E-state index in [9.17, 15) is 9.90 Å². The van der Waals surface area contributed by atoms with Gasteiger partial charge in [0.1, 0.15) is 5.01 Å². The molecule has 0 aliphatic carbocycles. The number of hydrogen-bond donors (Lipinski definition) is 2. The number of aromatic amines is 1. The number of aliphatic hydroxyl groups is 1. The van der Waals surface area contributed by atoms with Crippen LogP contribution in [0.2, 0.25) is 0 Å². The Balaban J connectivity index is 1.42. The zero-order valence-corrected chi connectivity index (χ0v) is 17.2. The summed E-state index contributed by atoms with van der Waals surface area (Å²) in [5.74, 6) is 0. The van der Waals surface area contributed by atoms with Gasteiger partial charge in [0.25, 0.3) is 5.56 Å². The number of hydrogen-bond acceptors (Lipinski definition) is 6. The van der Waals surface area contributed by atoms with Crippen LogP contribution in [0.5, 0.6) is 0 Å². The predicted molar refractivity (Wildman–Crippen MR) is 119 cm³/mol. The SMILES string of the molecule is O=c1[nH]c2cc(CN3CCC(O)CC3)ccc2cc1-c1csc(-c2ccncc2)n1. The molecule has 0 spiro atoms. The first-order valence-electron chi connectivity index (χ1n) is 10.1. The summed E-state index contributed by atoms with van der Waals surface area (Å²) in [6.45, 7) is 2.63. The van der Waals surface area contributed by atoms with Gasteiger partial charge in [-0.3, -0.25) is 14.7 Å². The normalized spacial score (nSPS) is 15.6. The van der Waals surface area contributed by atoms with E-state index in [1.807, 2.05) is 23.6 Å². The third kappa shape index (κ3) is 3.92. The van der Waals surface area contributed by atoms with Gasteiger partial charge in [0.05, 0.1) is 17.4 Å². The van der Waals surface area contributed by atoms with Gasteiger partial charge in [0.2, 0.25) is 0 Å². The Kier molecular flexibility index (Phi) is 5.16. The number of benzene rings is 1. The van der Waals surface area contributed by atoms with E-state index in [4.69, 9.17) is 0 Å². The minimum absolute atomic E-state index is 0.132. The Morgan fingerprint density at radius 1 is 1.13 bits per heavy atom. The number of piperidine rings is 1. The van der Waals surface area contributed by atoms with Crippen molar-refractivity contribution in [1.82, 2.24) is 19.9 Å². The molecule has 152 valence electrons. The van der Waals surface area contributed by atoms with Gasteiger partial charge in [-0.1, -0.05) is 12.1 Å². The molecular weight excluding hydrogens is 396 g/mol. The Hall–Kier alpha value is -2.87. The van der Waals surface area contributed by atoms with E-state index in [0.29, 0.717) is 11.3 Å². The topological polar surface area (TPSA) is 82.1 Å². The molecular formula is C23H22N4O2S. The van der Waals surface area contributed by atoms with Crippen molar-refractivity contribution in [3.63, 3.8) is 0 Å². The standard InChI is InChI=1S/C23H22N4O2S/c28-18-5-9-27(10-6-18)13-15-1-2-17-12-19(22(29)25-20(17)11-15)21-14-30-23(26-21)16-3-7-24-8-4-16/h1-4,7-8,11-12,14,18,28H,5-6,9-10,13H2,(H,25,29). The number of pyridine rings is 2. The predicted octanol–water partition coefficient (Wildman–Crippen LogP) is 3.67. The first-order chi connectivity index (χ1) is 14.7. The number of H-pyrrole nitrogens is 1. The van der Waals surface area contributed by atoms with Gasteiger partial charge in [0.15, 0.2) is 0 Å². The van der Waals surface area contributed by atoms with Crippen LogP contribution in [0.4, 0.5) is 0 Å². The number of rotatable bonds is 4. The molecule has 0 unspecified atom stereocenters. The summed E-state index contributed by atoms with van der Waals surface area (Å²) in [6, 6.07) is 12.0. The minimum atomic E-state index is -0.169. The number of aliphatic hydroxyl groups excluding tert-OH is 1. The van der Waals surface area contributed by atoms with E-state index in [0.717, 1.165) is 59.5 Å². The lowest BCUT2D eigenvalue weighted by atomic mass is 10.1. The Bertz CT molecular complexity index is 1230. The van der Waals surface area contributed by atoms with Crippen LogP contribution in [0.1, 0.15) is 18.4 Å². The summed E-state index contributed by atoms with van der Waals surface area (Å²) < 4.78 is 0. The monoisotopic (exact) mass is 418 g/mol. The van der Waals surface area contributed by atoms with Crippen molar-refractivity contribution in [3.8, 4) is 21.8 Å². The molecule has 4 aromatic rings. The zero-order chi connectivity index (χ0) is 20.5. The van der Waals surface area contributed by atoms with Crippen LogP contribution in [0, 0.1) is 0 Å². The molecule has 1 fully saturated rings. The van der Waals surface area contributed by atoms with Crippen LogP contribution in [0.3, 0.4) is 0 Å². The molecule has 3 aromatic heterocycles. The number of nitrogens with zero attached hydrogens (tertiary/aromatic N) is 3. The van der Waals surface area contributed by atoms with E-state index >= 15 is 0 Å². The largest absolute Gasteiger partial charge is 0.393 e. The number of aromatic nitrogens is 3. The van der Waals surface area contributed by atoms with Gasteiger partial charge in [-0.05, 0) is 48.1 Å². The molecule has 0 amide bonds. The number of fused-ring (bicyclic) bond motifs is 1. The molecule has 0 atom stereocenters. The van der Waals surface area contributed by atoms with Crippen molar-refractivity contribution in [2.75, 3.05) is 13.1 Å². The lowest BCUT2D eigenvalue weighted by Gasteiger charge is -2.29. The van der Waals surface area contributed by atoms with Gasteiger partial charge in [-0.2, -0.15) is 0 Å². The average molecular weight is 419 g/mol. The smallest absolute Gasteiger partial charge is 0.257 e. The highest BCUT2D eigenvalue weighted by Crippen LogP contribution is 2.28. The molecule has 4 heterocycles. The van der Waals surface area contributed by atoms with Crippen LogP contribution < -0.4 is 5.56 Å². The lowest BCUT2D eigenvalue weighted by molar-refractivity contribution is 0.0792. The molecule has 1 aromatic carbocycles. The molecule has 30 heavy (non-hydrogen) atoms. The van der Waals surface area contributed by atoms with E-state index in [2.05, 4.69) is 38.1 Å². The van der Waals surface area contributed by atoms with E-state index in [-0.39, 0.29) is 11.7 Å². The molecule has 5 rings (SSSR count). The highest BCUT2D eigenvalue weighted by atomic mass is 32.1. The fourth-order valence-electron chi connectivity index (χ4n) is 3.90.